The molecule has 1 atom stereocenters. The molecule has 0 saturated heterocycles. The zero-order chi connectivity index (χ0) is 10.4. The Kier molecular flexibility index (Phi) is 4.70. The van der Waals surface area contributed by atoms with Crippen LogP contribution in [0.25, 0.3) is 0 Å². The number of hydrogen-bond donors (Lipinski definition) is 1. The molecule has 80 valence electrons. The molecule has 1 N–H and O–H groups in total. The fourth-order valence-corrected chi connectivity index (χ4v) is 1.62. The molecule has 1 unspecified atom stereocenters. The molecule has 0 aliphatic rings. The SMILES string of the molecule is CCNC(C)c1cccn1CCOC. The van der Waals surface area contributed by atoms with Crippen molar-refractivity contribution in [1.29, 1.82) is 0 Å². The van der Waals surface area contributed by atoms with E-state index >= 15 is 0 Å². The molecule has 1 aromatic heterocycles. The third-order valence-corrected chi connectivity index (χ3v) is 2.35. The maximum atomic E-state index is 5.07. The molecule has 0 saturated carbocycles. The molecule has 1 aromatic rings. The van der Waals surface area contributed by atoms with Gasteiger partial charge >= 0.3 is 0 Å². The number of hydrogen-bond acceptors (Lipinski definition) is 2. The fourth-order valence-electron chi connectivity index (χ4n) is 1.62. The molecule has 1 rings (SSSR count). The van der Waals surface area contributed by atoms with Crippen LogP contribution in [0.5, 0.6) is 0 Å². The lowest BCUT2D eigenvalue weighted by molar-refractivity contribution is 0.186. The Morgan fingerprint density at radius 2 is 2.36 bits per heavy atom. The first-order valence-electron chi connectivity index (χ1n) is 5.17. The molecule has 0 aromatic carbocycles. The second-order valence-corrected chi connectivity index (χ2v) is 3.40. The van der Waals surface area contributed by atoms with Crippen molar-refractivity contribution in [2.75, 3.05) is 20.3 Å². The lowest BCUT2D eigenvalue weighted by Gasteiger charge is -2.15. The Labute approximate surface area is 86.1 Å². The zero-order valence-electron chi connectivity index (χ0n) is 9.29. The van der Waals surface area contributed by atoms with Crippen LogP contribution in [0.4, 0.5) is 0 Å². The van der Waals surface area contributed by atoms with E-state index in [1.165, 1.54) is 5.69 Å². The largest absolute Gasteiger partial charge is 0.383 e. The van der Waals surface area contributed by atoms with Crippen LogP contribution in [-0.4, -0.2) is 24.8 Å². The van der Waals surface area contributed by atoms with Gasteiger partial charge in [0.1, 0.15) is 0 Å². The Balaban J connectivity index is 2.61. The van der Waals surface area contributed by atoms with E-state index in [0.717, 1.165) is 19.7 Å². The van der Waals surface area contributed by atoms with E-state index < -0.39 is 0 Å². The van der Waals surface area contributed by atoms with E-state index in [0.29, 0.717) is 6.04 Å². The molecule has 14 heavy (non-hydrogen) atoms. The third kappa shape index (κ3) is 2.86. The molecule has 3 nitrogen and oxygen atoms in total. The van der Waals surface area contributed by atoms with Gasteiger partial charge in [-0.3, -0.25) is 0 Å². The summed E-state index contributed by atoms with van der Waals surface area (Å²) in [7, 11) is 1.73. The van der Waals surface area contributed by atoms with Crippen LogP contribution < -0.4 is 5.32 Å². The number of nitrogens with one attached hydrogen (secondary N) is 1. The minimum Gasteiger partial charge on any atom is -0.383 e. The maximum Gasteiger partial charge on any atom is 0.0641 e. The van der Waals surface area contributed by atoms with E-state index in [1.54, 1.807) is 7.11 Å². The highest BCUT2D eigenvalue weighted by molar-refractivity contribution is 5.11. The van der Waals surface area contributed by atoms with Crippen molar-refractivity contribution in [2.45, 2.75) is 26.4 Å². The molecule has 1 heterocycles. The van der Waals surface area contributed by atoms with Crippen LogP contribution in [-0.2, 0) is 11.3 Å². The van der Waals surface area contributed by atoms with E-state index in [4.69, 9.17) is 4.74 Å². The minimum atomic E-state index is 0.409. The number of rotatable bonds is 6. The Hall–Kier alpha value is -0.800. The first-order valence-corrected chi connectivity index (χ1v) is 5.17. The quantitative estimate of drug-likeness (QED) is 0.751. The Bertz CT molecular complexity index is 258. The van der Waals surface area contributed by atoms with E-state index in [1.807, 2.05) is 0 Å². The first-order chi connectivity index (χ1) is 6.79. The highest BCUT2D eigenvalue weighted by Crippen LogP contribution is 2.12. The molecule has 0 aliphatic heterocycles. The number of ether oxygens (including phenoxy) is 1. The van der Waals surface area contributed by atoms with Crippen molar-refractivity contribution in [3.63, 3.8) is 0 Å². The molecule has 0 bridgehead atoms. The van der Waals surface area contributed by atoms with Crippen molar-refractivity contribution in [3.05, 3.63) is 24.0 Å². The summed E-state index contributed by atoms with van der Waals surface area (Å²) in [5.74, 6) is 0. The van der Waals surface area contributed by atoms with Gasteiger partial charge in [-0.15, -0.1) is 0 Å². The maximum absolute atomic E-state index is 5.07. The second-order valence-electron chi connectivity index (χ2n) is 3.40. The van der Waals surface area contributed by atoms with E-state index in [9.17, 15) is 0 Å². The van der Waals surface area contributed by atoms with Gasteiger partial charge < -0.3 is 14.6 Å². The summed E-state index contributed by atoms with van der Waals surface area (Å²) in [5, 5.41) is 3.40. The van der Waals surface area contributed by atoms with Gasteiger partial charge in [-0.1, -0.05) is 6.92 Å². The van der Waals surface area contributed by atoms with Crippen LogP contribution in [0.1, 0.15) is 25.6 Å². The van der Waals surface area contributed by atoms with Gasteiger partial charge in [-0.2, -0.15) is 0 Å². The lowest BCUT2D eigenvalue weighted by Crippen LogP contribution is -2.21. The van der Waals surface area contributed by atoms with Gasteiger partial charge in [-0.25, -0.2) is 0 Å². The van der Waals surface area contributed by atoms with Gasteiger partial charge in [0.2, 0.25) is 0 Å². The summed E-state index contributed by atoms with van der Waals surface area (Å²) in [6, 6.07) is 4.65. The monoisotopic (exact) mass is 196 g/mol. The molecule has 0 spiro atoms. The molecular formula is C11H20N2O. The molecular weight excluding hydrogens is 176 g/mol. The summed E-state index contributed by atoms with van der Waals surface area (Å²) >= 11 is 0. The minimum absolute atomic E-state index is 0.409. The molecule has 3 heteroatoms. The molecule has 0 aliphatic carbocycles. The average molecular weight is 196 g/mol. The fraction of sp³-hybridized carbons (Fsp3) is 0.636. The average Bonchev–Trinajstić information content (AvgIpc) is 2.63. The van der Waals surface area contributed by atoms with Crippen LogP contribution in [0.2, 0.25) is 0 Å². The summed E-state index contributed by atoms with van der Waals surface area (Å²) in [5.41, 5.74) is 1.32. The van der Waals surface area contributed by atoms with E-state index in [-0.39, 0.29) is 0 Å². The van der Waals surface area contributed by atoms with Crippen molar-refractivity contribution >= 4 is 0 Å². The third-order valence-electron chi connectivity index (χ3n) is 2.35. The van der Waals surface area contributed by atoms with Gasteiger partial charge in [0.15, 0.2) is 0 Å². The normalized spacial score (nSPS) is 13.1. The van der Waals surface area contributed by atoms with Crippen molar-refractivity contribution in [1.82, 2.24) is 9.88 Å². The molecule has 0 fully saturated rings. The second kappa shape index (κ2) is 5.83. The zero-order valence-corrected chi connectivity index (χ0v) is 9.29. The van der Waals surface area contributed by atoms with Crippen LogP contribution in [0, 0.1) is 0 Å². The topological polar surface area (TPSA) is 26.2 Å². The predicted octanol–water partition coefficient (Wildman–Crippen LogP) is 1.80. The Morgan fingerprint density at radius 1 is 1.57 bits per heavy atom. The van der Waals surface area contributed by atoms with Gasteiger partial charge in [0.05, 0.1) is 6.61 Å². The summed E-state index contributed by atoms with van der Waals surface area (Å²) in [6.07, 6.45) is 2.10. The van der Waals surface area contributed by atoms with Gasteiger partial charge in [-0.05, 0) is 25.6 Å². The van der Waals surface area contributed by atoms with Gasteiger partial charge in [0, 0.05) is 31.6 Å². The summed E-state index contributed by atoms with van der Waals surface area (Å²) < 4.78 is 7.30. The lowest BCUT2D eigenvalue weighted by atomic mass is 10.2. The smallest absolute Gasteiger partial charge is 0.0641 e. The summed E-state index contributed by atoms with van der Waals surface area (Å²) in [4.78, 5) is 0. The molecule has 0 radical (unpaired) electrons. The number of nitrogens with zero attached hydrogens (tertiary/aromatic N) is 1. The highest BCUT2D eigenvalue weighted by atomic mass is 16.5. The van der Waals surface area contributed by atoms with Crippen LogP contribution in [0.15, 0.2) is 18.3 Å². The van der Waals surface area contributed by atoms with Crippen molar-refractivity contribution in [3.8, 4) is 0 Å². The molecule has 0 amide bonds. The van der Waals surface area contributed by atoms with Gasteiger partial charge in [0.25, 0.3) is 0 Å². The van der Waals surface area contributed by atoms with Crippen LogP contribution in [0.3, 0.4) is 0 Å². The number of aromatic nitrogens is 1. The van der Waals surface area contributed by atoms with Crippen molar-refractivity contribution in [2.24, 2.45) is 0 Å². The first kappa shape index (κ1) is 11.3. The highest BCUT2D eigenvalue weighted by Gasteiger charge is 2.07. The van der Waals surface area contributed by atoms with E-state index in [2.05, 4.69) is 42.1 Å². The standard InChI is InChI=1S/C11H20N2O/c1-4-12-10(2)11-6-5-7-13(11)8-9-14-3/h5-7,10,12H,4,8-9H2,1-3H3. The summed E-state index contributed by atoms with van der Waals surface area (Å²) in [6.45, 7) is 6.99. The van der Waals surface area contributed by atoms with Crippen LogP contribution >= 0.6 is 0 Å². The predicted molar refractivity (Wildman–Crippen MR) is 58.4 cm³/mol. The van der Waals surface area contributed by atoms with Crippen molar-refractivity contribution < 1.29 is 4.74 Å². The Morgan fingerprint density at radius 3 is 3.00 bits per heavy atom. The number of methoxy groups -OCH3 is 1.